The average molecular weight is 481 g/mol. The van der Waals surface area contributed by atoms with Crippen LogP contribution in [0.25, 0.3) is 11.3 Å². The van der Waals surface area contributed by atoms with Gasteiger partial charge in [0.05, 0.1) is 26.0 Å². The number of benzene rings is 3. The van der Waals surface area contributed by atoms with E-state index in [9.17, 15) is 0 Å². The molecule has 1 aromatic heterocycles. The molecule has 1 aliphatic rings. The molecule has 0 atom stereocenters. The molecule has 0 bridgehead atoms. The number of rotatable bonds is 7. The summed E-state index contributed by atoms with van der Waals surface area (Å²) in [6.45, 7) is 5.65. The van der Waals surface area contributed by atoms with Crippen LogP contribution in [0.4, 0.5) is 5.82 Å². The van der Waals surface area contributed by atoms with Crippen LogP contribution < -0.4 is 14.4 Å². The number of piperazine rings is 1. The van der Waals surface area contributed by atoms with Crippen LogP contribution in [0.1, 0.15) is 23.0 Å². The Morgan fingerprint density at radius 1 is 0.694 bits per heavy atom. The van der Waals surface area contributed by atoms with Crippen molar-refractivity contribution < 1.29 is 9.47 Å². The summed E-state index contributed by atoms with van der Waals surface area (Å²) < 4.78 is 10.9. The average Bonchev–Trinajstić information content (AvgIpc) is 2.94. The molecule has 0 unspecified atom stereocenters. The second kappa shape index (κ2) is 10.8. The Morgan fingerprint density at radius 3 is 1.89 bits per heavy atom. The van der Waals surface area contributed by atoms with Crippen LogP contribution in [0.5, 0.6) is 11.5 Å². The maximum Gasteiger partial charge on any atom is 0.161 e. The maximum absolute atomic E-state index is 5.50. The van der Waals surface area contributed by atoms with Gasteiger partial charge in [0.15, 0.2) is 11.5 Å². The van der Waals surface area contributed by atoms with Crippen molar-refractivity contribution in [3.05, 3.63) is 102 Å². The van der Waals surface area contributed by atoms with Crippen molar-refractivity contribution in [2.75, 3.05) is 45.3 Å². The summed E-state index contributed by atoms with van der Waals surface area (Å²) >= 11 is 0. The normalized spacial score (nSPS) is 14.2. The van der Waals surface area contributed by atoms with E-state index in [1.165, 1.54) is 11.1 Å². The van der Waals surface area contributed by atoms with E-state index in [0.717, 1.165) is 49.1 Å². The molecule has 1 aliphatic heterocycles. The molecule has 0 radical (unpaired) electrons. The van der Waals surface area contributed by atoms with Crippen LogP contribution >= 0.6 is 0 Å². The van der Waals surface area contributed by atoms with E-state index in [1.54, 1.807) is 14.2 Å². The first kappa shape index (κ1) is 23.8. The highest BCUT2D eigenvalue weighted by Crippen LogP contribution is 2.33. The van der Waals surface area contributed by atoms with Gasteiger partial charge in [-0.15, -0.1) is 0 Å². The Bertz CT molecular complexity index is 1250. The summed E-state index contributed by atoms with van der Waals surface area (Å²) in [4.78, 5) is 14.4. The molecule has 6 nitrogen and oxygen atoms in total. The minimum Gasteiger partial charge on any atom is -0.493 e. The molecule has 3 aromatic carbocycles. The number of hydrogen-bond donors (Lipinski definition) is 0. The second-order valence-corrected chi connectivity index (χ2v) is 8.98. The van der Waals surface area contributed by atoms with Gasteiger partial charge < -0.3 is 14.4 Å². The molecular formula is C30H32N4O2. The molecule has 0 spiro atoms. The predicted octanol–water partition coefficient (Wildman–Crippen LogP) is 5.38. The monoisotopic (exact) mass is 480 g/mol. The Balaban J connectivity index is 1.37. The van der Waals surface area contributed by atoms with Gasteiger partial charge in [-0.3, -0.25) is 4.90 Å². The summed E-state index contributed by atoms with van der Waals surface area (Å²) in [6.07, 6.45) is 0. The summed E-state index contributed by atoms with van der Waals surface area (Å²) in [7, 11) is 3.29. The van der Waals surface area contributed by atoms with Gasteiger partial charge in [0.25, 0.3) is 0 Å². The molecule has 36 heavy (non-hydrogen) atoms. The first-order chi connectivity index (χ1) is 17.7. The van der Waals surface area contributed by atoms with Gasteiger partial charge >= 0.3 is 0 Å². The van der Waals surface area contributed by atoms with E-state index in [4.69, 9.17) is 19.4 Å². The molecule has 4 aromatic rings. The molecule has 0 aliphatic carbocycles. The Hall–Kier alpha value is -3.90. The molecular weight excluding hydrogens is 448 g/mol. The van der Waals surface area contributed by atoms with Gasteiger partial charge in [-0.25, -0.2) is 9.97 Å². The third kappa shape index (κ3) is 5.04. The van der Waals surface area contributed by atoms with E-state index in [2.05, 4.69) is 76.5 Å². The smallest absolute Gasteiger partial charge is 0.161 e. The highest BCUT2D eigenvalue weighted by molar-refractivity contribution is 5.66. The summed E-state index contributed by atoms with van der Waals surface area (Å²) in [5.74, 6) is 3.11. The van der Waals surface area contributed by atoms with Crippen molar-refractivity contribution >= 4 is 5.82 Å². The molecule has 6 heteroatoms. The number of nitrogens with zero attached hydrogens (tertiary/aromatic N) is 4. The van der Waals surface area contributed by atoms with Crippen molar-refractivity contribution in [2.45, 2.75) is 13.0 Å². The van der Waals surface area contributed by atoms with Gasteiger partial charge in [0, 0.05) is 37.8 Å². The molecule has 2 heterocycles. The van der Waals surface area contributed by atoms with Crippen LogP contribution in [-0.4, -0.2) is 55.3 Å². The molecule has 184 valence electrons. The minimum absolute atomic E-state index is 0.240. The van der Waals surface area contributed by atoms with E-state index in [1.807, 2.05) is 25.1 Å². The summed E-state index contributed by atoms with van der Waals surface area (Å²) in [5.41, 5.74) is 4.51. The van der Waals surface area contributed by atoms with Crippen molar-refractivity contribution in [3.8, 4) is 22.8 Å². The van der Waals surface area contributed by atoms with Crippen LogP contribution in [0, 0.1) is 6.92 Å². The van der Waals surface area contributed by atoms with Crippen LogP contribution in [0.2, 0.25) is 0 Å². The van der Waals surface area contributed by atoms with Crippen molar-refractivity contribution in [1.82, 2.24) is 14.9 Å². The summed E-state index contributed by atoms with van der Waals surface area (Å²) in [6, 6.07) is 29.8. The fraction of sp³-hybridized carbons (Fsp3) is 0.267. The Kier molecular flexibility index (Phi) is 7.14. The third-order valence-electron chi connectivity index (χ3n) is 6.74. The van der Waals surface area contributed by atoms with Gasteiger partial charge in [0.2, 0.25) is 0 Å². The first-order valence-corrected chi connectivity index (χ1v) is 12.3. The van der Waals surface area contributed by atoms with Crippen molar-refractivity contribution in [3.63, 3.8) is 0 Å². The van der Waals surface area contributed by atoms with Gasteiger partial charge in [-0.1, -0.05) is 60.7 Å². The van der Waals surface area contributed by atoms with Gasteiger partial charge in [0.1, 0.15) is 11.6 Å². The van der Waals surface area contributed by atoms with E-state index >= 15 is 0 Å². The van der Waals surface area contributed by atoms with Crippen molar-refractivity contribution in [2.24, 2.45) is 0 Å². The summed E-state index contributed by atoms with van der Waals surface area (Å²) in [5, 5.41) is 0. The highest BCUT2D eigenvalue weighted by Gasteiger charge is 2.27. The lowest BCUT2D eigenvalue weighted by Gasteiger charge is -2.40. The van der Waals surface area contributed by atoms with Crippen LogP contribution in [0.15, 0.2) is 84.9 Å². The SMILES string of the molecule is COc1ccc(-c2cc(N3CCN(C(c4ccccc4)c4ccccc4)CC3)nc(C)n2)cc1OC. The number of methoxy groups -OCH3 is 2. The number of anilines is 1. The zero-order valence-corrected chi connectivity index (χ0v) is 21.1. The van der Waals surface area contributed by atoms with E-state index in [-0.39, 0.29) is 6.04 Å². The largest absolute Gasteiger partial charge is 0.493 e. The molecule has 0 amide bonds. The molecule has 1 fully saturated rings. The van der Waals surface area contributed by atoms with Crippen molar-refractivity contribution in [1.29, 1.82) is 0 Å². The lowest BCUT2D eigenvalue weighted by molar-refractivity contribution is 0.212. The minimum atomic E-state index is 0.240. The molecule has 1 saturated heterocycles. The third-order valence-corrected chi connectivity index (χ3v) is 6.74. The Morgan fingerprint density at radius 2 is 1.31 bits per heavy atom. The fourth-order valence-electron chi connectivity index (χ4n) is 4.95. The second-order valence-electron chi connectivity index (χ2n) is 8.98. The molecule has 5 rings (SSSR count). The van der Waals surface area contributed by atoms with Gasteiger partial charge in [-0.2, -0.15) is 0 Å². The number of aromatic nitrogens is 2. The predicted molar refractivity (Wildman–Crippen MR) is 144 cm³/mol. The standard InChI is InChI=1S/C30H32N4O2/c1-22-31-26(25-14-15-27(35-2)28(20-25)36-3)21-29(32-22)33-16-18-34(19-17-33)30(23-10-6-4-7-11-23)24-12-8-5-9-13-24/h4-15,20-21,30H,16-19H2,1-3H3. The van der Waals surface area contributed by atoms with E-state index in [0.29, 0.717) is 11.5 Å². The first-order valence-electron chi connectivity index (χ1n) is 12.3. The lowest BCUT2D eigenvalue weighted by Crippen LogP contribution is -2.48. The highest BCUT2D eigenvalue weighted by atomic mass is 16.5. The van der Waals surface area contributed by atoms with Crippen LogP contribution in [-0.2, 0) is 0 Å². The topological polar surface area (TPSA) is 50.7 Å². The Labute approximate surface area is 213 Å². The molecule has 0 saturated carbocycles. The van der Waals surface area contributed by atoms with Gasteiger partial charge in [-0.05, 0) is 36.2 Å². The number of ether oxygens (including phenoxy) is 2. The number of hydrogen-bond acceptors (Lipinski definition) is 6. The fourth-order valence-corrected chi connectivity index (χ4v) is 4.95. The zero-order chi connectivity index (χ0) is 24.9. The quantitative estimate of drug-likeness (QED) is 0.354. The lowest BCUT2D eigenvalue weighted by atomic mass is 9.96. The maximum atomic E-state index is 5.50. The van der Waals surface area contributed by atoms with Crippen LogP contribution in [0.3, 0.4) is 0 Å². The van der Waals surface area contributed by atoms with E-state index < -0.39 is 0 Å². The molecule has 0 N–H and O–H groups in total. The zero-order valence-electron chi connectivity index (χ0n) is 21.1. The number of aryl methyl sites for hydroxylation is 1.